The zero-order valence-corrected chi connectivity index (χ0v) is 14.7. The highest BCUT2D eigenvalue weighted by molar-refractivity contribution is 6.54. The number of benzene rings is 1. The molecule has 0 spiro atoms. The van der Waals surface area contributed by atoms with Crippen LogP contribution in [0.3, 0.4) is 0 Å². The zero-order chi connectivity index (χ0) is 18.0. The molecule has 3 aromatic rings. The summed E-state index contributed by atoms with van der Waals surface area (Å²) >= 11 is 17.1. The monoisotopic (exact) mass is 397 g/mol. The summed E-state index contributed by atoms with van der Waals surface area (Å²) in [5.41, 5.74) is 1.58. The van der Waals surface area contributed by atoms with Crippen molar-refractivity contribution in [1.82, 2.24) is 10.1 Å². The predicted molar refractivity (Wildman–Crippen MR) is 96.0 cm³/mol. The van der Waals surface area contributed by atoms with Crippen molar-refractivity contribution in [3.63, 3.8) is 0 Å². The van der Waals surface area contributed by atoms with Crippen LogP contribution in [0.4, 0.5) is 5.69 Å². The summed E-state index contributed by atoms with van der Waals surface area (Å²) in [7, 11) is 0. The highest BCUT2D eigenvalue weighted by Gasteiger charge is 2.17. The molecule has 25 heavy (non-hydrogen) atoms. The average molecular weight is 399 g/mol. The van der Waals surface area contributed by atoms with Gasteiger partial charge in [0.25, 0.3) is 5.91 Å². The molecule has 0 radical (unpaired) electrons. The quantitative estimate of drug-likeness (QED) is 0.632. The van der Waals surface area contributed by atoms with Gasteiger partial charge in [0.1, 0.15) is 17.1 Å². The number of carbonyl (C=O) groups excluding carboxylic acids is 1. The minimum absolute atomic E-state index is 0.0170. The van der Waals surface area contributed by atoms with E-state index in [0.29, 0.717) is 33.4 Å². The summed E-state index contributed by atoms with van der Waals surface area (Å²) in [4.78, 5) is 14.5. The molecule has 0 fully saturated rings. The number of hydrogen-bond donors (Lipinski definition) is 2. The molecule has 0 aliphatic rings. The first kappa shape index (κ1) is 17.5. The van der Waals surface area contributed by atoms with Crippen LogP contribution in [-0.2, 0) is 4.79 Å². The Labute approximate surface area is 157 Å². The first-order valence-corrected chi connectivity index (χ1v) is 8.21. The maximum Gasteiger partial charge on any atom is 0.257 e. The molecule has 3 rings (SSSR count). The fourth-order valence-corrected chi connectivity index (χ4v) is 2.50. The topological polar surface area (TPSA) is 88.2 Å². The Bertz CT molecular complexity index is 907. The van der Waals surface area contributed by atoms with Gasteiger partial charge in [0, 0.05) is 18.0 Å². The number of phenols is 1. The lowest BCUT2D eigenvalue weighted by atomic mass is 10.1. The average Bonchev–Trinajstić information content (AvgIpc) is 3.04. The van der Waals surface area contributed by atoms with E-state index in [1.54, 1.807) is 30.3 Å². The molecule has 0 unspecified atom stereocenters. The van der Waals surface area contributed by atoms with Crippen LogP contribution in [0.15, 0.2) is 47.1 Å². The van der Waals surface area contributed by atoms with E-state index in [4.69, 9.17) is 39.3 Å². The fraction of sp³-hybridized carbons (Fsp3) is 0.0625. The molecule has 2 aromatic heterocycles. The van der Waals surface area contributed by atoms with Gasteiger partial charge in [-0.05, 0) is 24.3 Å². The summed E-state index contributed by atoms with van der Waals surface area (Å²) in [5.74, 6) is -0.241. The van der Waals surface area contributed by atoms with Crippen molar-refractivity contribution < 1.29 is 14.4 Å². The maximum absolute atomic E-state index is 11.6. The van der Waals surface area contributed by atoms with Crippen LogP contribution in [0.5, 0.6) is 5.75 Å². The van der Waals surface area contributed by atoms with Gasteiger partial charge in [0.2, 0.25) is 0 Å². The lowest BCUT2D eigenvalue weighted by Crippen LogP contribution is -2.18. The molecule has 1 aromatic carbocycles. The number of hydrogen-bond acceptors (Lipinski definition) is 5. The Morgan fingerprint density at radius 2 is 2.00 bits per heavy atom. The molecule has 0 saturated heterocycles. The number of halogens is 3. The van der Waals surface area contributed by atoms with Crippen LogP contribution >= 0.6 is 34.8 Å². The van der Waals surface area contributed by atoms with E-state index in [1.807, 2.05) is 0 Å². The van der Waals surface area contributed by atoms with Crippen molar-refractivity contribution in [2.45, 2.75) is 4.84 Å². The van der Waals surface area contributed by atoms with E-state index in [0.717, 1.165) is 0 Å². The van der Waals surface area contributed by atoms with E-state index in [1.165, 1.54) is 12.3 Å². The van der Waals surface area contributed by atoms with E-state index < -0.39 is 10.7 Å². The fourth-order valence-electron chi connectivity index (χ4n) is 2.12. The van der Waals surface area contributed by atoms with Gasteiger partial charge in [-0.2, -0.15) is 0 Å². The second kappa shape index (κ2) is 7.31. The van der Waals surface area contributed by atoms with Crippen LogP contribution in [0, 0.1) is 0 Å². The van der Waals surface area contributed by atoms with E-state index in [9.17, 15) is 9.90 Å². The number of carbonyl (C=O) groups is 1. The molecule has 0 atom stereocenters. The second-order valence-corrected chi connectivity index (χ2v) is 6.43. The van der Waals surface area contributed by atoms with Crippen LogP contribution in [-0.4, -0.2) is 26.0 Å². The predicted octanol–water partition coefficient (Wildman–Crippen LogP) is 4.50. The molecular weight excluding hydrogens is 389 g/mol. The minimum Gasteiger partial charge on any atom is -0.507 e. The van der Waals surface area contributed by atoms with Gasteiger partial charge in [0.15, 0.2) is 10.6 Å². The number of anilines is 1. The van der Waals surface area contributed by atoms with E-state index in [2.05, 4.69) is 15.5 Å². The third kappa shape index (κ3) is 3.87. The SMILES string of the molecule is O=C(Nc1ccnc(-c2cc(-c3c(O)cccc3Cl)no2)c1)C(Cl)Cl. The van der Waals surface area contributed by atoms with Gasteiger partial charge in [-0.3, -0.25) is 9.78 Å². The molecule has 128 valence electrons. The number of aromatic hydroxyl groups is 1. The standard InChI is InChI=1S/C16H10Cl3N3O3/c17-9-2-1-3-12(23)14(9)11-7-13(25-22-11)10-6-8(4-5-20-10)21-16(24)15(18)19/h1-7,15,23H,(H,20,21,24). The molecule has 1 amide bonds. The molecule has 2 heterocycles. The van der Waals surface area contributed by atoms with Crippen molar-refractivity contribution in [2.75, 3.05) is 5.32 Å². The number of rotatable bonds is 4. The number of amides is 1. The van der Waals surface area contributed by atoms with E-state index in [-0.39, 0.29) is 5.75 Å². The summed E-state index contributed by atoms with van der Waals surface area (Å²) in [6, 6.07) is 9.49. The number of nitrogens with one attached hydrogen (secondary N) is 1. The van der Waals surface area contributed by atoms with Crippen LogP contribution < -0.4 is 5.32 Å². The Balaban J connectivity index is 1.92. The Kier molecular flexibility index (Phi) is 5.13. The molecule has 0 aliphatic heterocycles. The Morgan fingerprint density at radius 1 is 1.20 bits per heavy atom. The lowest BCUT2D eigenvalue weighted by Gasteiger charge is -2.05. The highest BCUT2D eigenvalue weighted by Crippen LogP contribution is 2.36. The van der Waals surface area contributed by atoms with Crippen molar-refractivity contribution >= 4 is 46.4 Å². The third-order valence-electron chi connectivity index (χ3n) is 3.24. The van der Waals surface area contributed by atoms with Crippen LogP contribution in [0.25, 0.3) is 22.7 Å². The normalized spacial score (nSPS) is 10.9. The van der Waals surface area contributed by atoms with Gasteiger partial charge < -0.3 is 14.9 Å². The third-order valence-corrected chi connectivity index (χ3v) is 3.95. The number of aromatic nitrogens is 2. The first-order chi connectivity index (χ1) is 12.0. The summed E-state index contributed by atoms with van der Waals surface area (Å²) in [5, 5.41) is 16.8. The number of pyridine rings is 1. The van der Waals surface area contributed by atoms with Gasteiger partial charge in [-0.25, -0.2) is 0 Å². The van der Waals surface area contributed by atoms with Crippen LogP contribution in [0.1, 0.15) is 0 Å². The van der Waals surface area contributed by atoms with Crippen molar-refractivity contribution in [1.29, 1.82) is 0 Å². The molecule has 0 aliphatic carbocycles. The molecular formula is C16H10Cl3N3O3. The van der Waals surface area contributed by atoms with Crippen molar-refractivity contribution in [3.05, 3.63) is 47.6 Å². The Hall–Kier alpha value is -2.28. The number of phenolic OH excluding ortho intramolecular Hbond substituents is 1. The minimum atomic E-state index is -1.18. The number of nitrogens with zero attached hydrogens (tertiary/aromatic N) is 2. The summed E-state index contributed by atoms with van der Waals surface area (Å²) < 4.78 is 5.28. The lowest BCUT2D eigenvalue weighted by molar-refractivity contribution is -0.114. The smallest absolute Gasteiger partial charge is 0.257 e. The van der Waals surface area contributed by atoms with Gasteiger partial charge in [-0.1, -0.05) is 46.0 Å². The largest absolute Gasteiger partial charge is 0.507 e. The maximum atomic E-state index is 11.6. The molecule has 9 heteroatoms. The molecule has 0 saturated carbocycles. The van der Waals surface area contributed by atoms with E-state index >= 15 is 0 Å². The molecule has 0 bridgehead atoms. The molecule has 2 N–H and O–H groups in total. The van der Waals surface area contributed by atoms with Crippen LogP contribution in [0.2, 0.25) is 5.02 Å². The summed E-state index contributed by atoms with van der Waals surface area (Å²) in [6.07, 6.45) is 1.48. The summed E-state index contributed by atoms with van der Waals surface area (Å²) in [6.45, 7) is 0. The first-order valence-electron chi connectivity index (χ1n) is 6.95. The van der Waals surface area contributed by atoms with Gasteiger partial charge in [0.05, 0.1) is 10.6 Å². The molecule has 6 nitrogen and oxygen atoms in total. The Morgan fingerprint density at radius 3 is 2.72 bits per heavy atom. The van der Waals surface area contributed by atoms with Gasteiger partial charge >= 0.3 is 0 Å². The highest BCUT2D eigenvalue weighted by atomic mass is 35.5. The zero-order valence-electron chi connectivity index (χ0n) is 12.4. The second-order valence-electron chi connectivity index (χ2n) is 4.93. The number of alkyl halides is 2. The van der Waals surface area contributed by atoms with Crippen molar-refractivity contribution in [2.24, 2.45) is 0 Å². The van der Waals surface area contributed by atoms with Gasteiger partial charge in [-0.15, -0.1) is 0 Å². The van der Waals surface area contributed by atoms with Crippen molar-refractivity contribution in [3.8, 4) is 28.5 Å².